The number of aromatic nitrogens is 1. The van der Waals surface area contributed by atoms with Crippen molar-refractivity contribution in [1.82, 2.24) is 10.3 Å². The van der Waals surface area contributed by atoms with Gasteiger partial charge in [-0.1, -0.05) is 30.3 Å². The molecule has 2 aromatic heterocycles. The molecule has 1 atom stereocenters. The summed E-state index contributed by atoms with van der Waals surface area (Å²) in [6.07, 6.45) is 1.44. The van der Waals surface area contributed by atoms with Crippen LogP contribution in [0.15, 0.2) is 112 Å². The topological polar surface area (TPSA) is 143 Å². The molecule has 0 saturated heterocycles. The van der Waals surface area contributed by atoms with Crippen LogP contribution in [0.25, 0.3) is 16.6 Å². The average molecular weight is 656 g/mol. The molecule has 1 unspecified atom stereocenters. The van der Waals surface area contributed by atoms with Crippen LogP contribution >= 0.6 is 34.4 Å². The van der Waals surface area contributed by atoms with Crippen molar-refractivity contribution in [2.45, 2.75) is 17.1 Å². The van der Waals surface area contributed by atoms with Gasteiger partial charge in [-0.25, -0.2) is 4.98 Å². The van der Waals surface area contributed by atoms with Gasteiger partial charge in [-0.3, -0.25) is 24.5 Å². The molecule has 3 amide bonds. The van der Waals surface area contributed by atoms with Crippen LogP contribution in [0.1, 0.15) is 22.8 Å². The fourth-order valence-corrected chi connectivity index (χ4v) is 6.38. The molecule has 5 rings (SSSR count). The van der Waals surface area contributed by atoms with Gasteiger partial charge in [-0.15, -0.1) is 34.4 Å². The quantitative estimate of drug-likeness (QED) is 0.0586. The first-order valence-corrected chi connectivity index (χ1v) is 16.1. The molecular formula is C32H25N5O5S3. The molecule has 0 aliphatic carbocycles. The number of benzene rings is 3. The first-order valence-electron chi connectivity index (χ1n) is 13.5. The van der Waals surface area contributed by atoms with E-state index in [1.807, 2.05) is 29.0 Å². The van der Waals surface area contributed by atoms with Crippen molar-refractivity contribution in [3.05, 3.63) is 129 Å². The normalized spacial score (nSPS) is 11.8. The third-order valence-corrected chi connectivity index (χ3v) is 8.97. The molecule has 2 heterocycles. The minimum absolute atomic E-state index is 0.0612. The number of hydrogen-bond acceptors (Lipinski definition) is 9. The Bertz CT molecular complexity index is 1860. The van der Waals surface area contributed by atoms with Crippen molar-refractivity contribution in [3.63, 3.8) is 0 Å². The van der Waals surface area contributed by atoms with E-state index in [0.717, 1.165) is 15.5 Å². The van der Waals surface area contributed by atoms with E-state index in [-0.39, 0.29) is 17.3 Å². The summed E-state index contributed by atoms with van der Waals surface area (Å²) in [5, 5.41) is 23.3. The van der Waals surface area contributed by atoms with Crippen LogP contribution in [0.2, 0.25) is 0 Å². The molecule has 3 N–H and O–H groups in total. The highest BCUT2D eigenvalue weighted by Gasteiger charge is 2.19. The third kappa shape index (κ3) is 8.50. The van der Waals surface area contributed by atoms with Gasteiger partial charge in [-0.05, 0) is 72.5 Å². The highest BCUT2D eigenvalue weighted by Crippen LogP contribution is 2.30. The molecule has 226 valence electrons. The number of amides is 3. The van der Waals surface area contributed by atoms with Crippen LogP contribution in [0, 0.1) is 10.1 Å². The van der Waals surface area contributed by atoms with Gasteiger partial charge in [0.1, 0.15) is 5.70 Å². The highest BCUT2D eigenvalue weighted by molar-refractivity contribution is 8.00. The van der Waals surface area contributed by atoms with Crippen molar-refractivity contribution in [2.75, 3.05) is 10.6 Å². The largest absolute Gasteiger partial charge is 0.321 e. The smallest absolute Gasteiger partial charge is 0.272 e. The summed E-state index contributed by atoms with van der Waals surface area (Å²) in [4.78, 5) is 56.0. The average Bonchev–Trinajstić information content (AvgIpc) is 3.74. The molecule has 0 aliphatic heterocycles. The molecule has 3 aromatic carbocycles. The minimum Gasteiger partial charge on any atom is -0.321 e. The van der Waals surface area contributed by atoms with Gasteiger partial charge in [0.2, 0.25) is 5.91 Å². The zero-order valence-electron chi connectivity index (χ0n) is 23.6. The number of non-ortho nitro benzene ring substituents is 1. The molecule has 0 aliphatic rings. The first-order chi connectivity index (χ1) is 21.7. The van der Waals surface area contributed by atoms with Gasteiger partial charge in [-0.2, -0.15) is 0 Å². The zero-order chi connectivity index (χ0) is 31.8. The van der Waals surface area contributed by atoms with Crippen LogP contribution in [0.5, 0.6) is 0 Å². The molecule has 45 heavy (non-hydrogen) atoms. The highest BCUT2D eigenvalue weighted by atomic mass is 32.2. The van der Waals surface area contributed by atoms with E-state index in [1.165, 1.54) is 53.4 Å². The number of carbonyl (C=O) groups excluding carboxylic acids is 3. The Kier molecular flexibility index (Phi) is 10.1. The van der Waals surface area contributed by atoms with Gasteiger partial charge in [0, 0.05) is 33.7 Å². The standard InChI is InChI=1S/C32H25N5O5S3/c1-20(29(38)36-32-35-27(19-44-32)28-11-6-16-43-28)45-25-10-5-9-23(18-25)33-31(40)26(34-30(39)22-7-3-2-4-8-22)17-21-12-14-24(15-13-21)37(41)42/h2-20H,1H3,(H,33,40)(H,34,39)(H,35,36,38)/b26-17+. The molecule has 10 nitrogen and oxygen atoms in total. The summed E-state index contributed by atoms with van der Waals surface area (Å²) in [6.45, 7) is 1.78. The maximum absolute atomic E-state index is 13.4. The number of carbonyl (C=O) groups is 3. The molecular weight excluding hydrogens is 631 g/mol. The lowest BCUT2D eigenvalue weighted by atomic mass is 10.1. The number of thioether (sulfide) groups is 1. The summed E-state index contributed by atoms with van der Waals surface area (Å²) in [6, 6.07) is 24.9. The monoisotopic (exact) mass is 655 g/mol. The summed E-state index contributed by atoms with van der Waals surface area (Å²) in [5.74, 6) is -1.31. The van der Waals surface area contributed by atoms with Crippen molar-refractivity contribution in [1.29, 1.82) is 0 Å². The zero-order valence-corrected chi connectivity index (χ0v) is 26.1. The minimum atomic E-state index is -0.601. The number of thiophene rings is 1. The molecule has 0 saturated carbocycles. The molecule has 0 fully saturated rings. The van der Waals surface area contributed by atoms with E-state index in [2.05, 4.69) is 20.9 Å². The van der Waals surface area contributed by atoms with Gasteiger partial charge in [0.15, 0.2) is 5.13 Å². The first kappa shape index (κ1) is 31.3. The summed E-state index contributed by atoms with van der Waals surface area (Å²) < 4.78 is 0. The van der Waals surface area contributed by atoms with Gasteiger partial charge >= 0.3 is 0 Å². The molecule has 5 aromatic rings. The fraction of sp³-hybridized carbons (Fsp3) is 0.0625. The van der Waals surface area contributed by atoms with Gasteiger partial charge in [0.05, 0.1) is 20.7 Å². The summed E-state index contributed by atoms with van der Waals surface area (Å²) >= 11 is 4.25. The van der Waals surface area contributed by atoms with E-state index in [9.17, 15) is 24.5 Å². The number of nitrogens with zero attached hydrogens (tertiary/aromatic N) is 2. The van der Waals surface area contributed by atoms with E-state index < -0.39 is 22.0 Å². The number of rotatable bonds is 11. The van der Waals surface area contributed by atoms with Gasteiger partial charge in [0.25, 0.3) is 17.5 Å². The number of nitro benzene ring substituents is 1. The Morgan fingerprint density at radius 3 is 2.42 bits per heavy atom. The second kappa shape index (κ2) is 14.6. The van der Waals surface area contributed by atoms with Crippen molar-refractivity contribution >= 4 is 74.7 Å². The van der Waals surface area contributed by atoms with Crippen molar-refractivity contribution < 1.29 is 19.3 Å². The number of nitro groups is 1. The van der Waals surface area contributed by atoms with E-state index >= 15 is 0 Å². The number of nitrogens with one attached hydrogen (secondary N) is 3. The lowest BCUT2D eigenvalue weighted by Crippen LogP contribution is -2.30. The molecule has 0 radical (unpaired) electrons. The summed E-state index contributed by atoms with van der Waals surface area (Å²) in [5.41, 5.74) is 1.93. The van der Waals surface area contributed by atoms with Crippen LogP contribution in [0.4, 0.5) is 16.5 Å². The number of hydrogen-bond donors (Lipinski definition) is 3. The predicted molar refractivity (Wildman–Crippen MR) is 179 cm³/mol. The van der Waals surface area contributed by atoms with E-state index in [1.54, 1.807) is 66.8 Å². The van der Waals surface area contributed by atoms with E-state index in [4.69, 9.17) is 0 Å². The van der Waals surface area contributed by atoms with E-state index in [0.29, 0.717) is 21.9 Å². The molecule has 13 heteroatoms. The number of thiazole rings is 1. The van der Waals surface area contributed by atoms with Crippen LogP contribution in [-0.4, -0.2) is 32.9 Å². The van der Waals surface area contributed by atoms with Gasteiger partial charge < -0.3 is 16.0 Å². The third-order valence-electron chi connectivity index (χ3n) is 6.23. The SMILES string of the molecule is CC(Sc1cccc(NC(=O)/C(=C\c2ccc([N+](=O)[O-])cc2)NC(=O)c2ccccc2)c1)C(=O)Nc1nc(-c2cccs2)cs1. The number of anilines is 2. The Labute approximate surface area is 270 Å². The van der Waals surface area contributed by atoms with Crippen LogP contribution in [0.3, 0.4) is 0 Å². The lowest BCUT2D eigenvalue weighted by molar-refractivity contribution is -0.384. The fourth-order valence-electron chi connectivity index (χ4n) is 3.98. The maximum atomic E-state index is 13.4. The van der Waals surface area contributed by atoms with Crippen LogP contribution in [-0.2, 0) is 9.59 Å². The Hall–Kier alpha value is -5.11. The van der Waals surface area contributed by atoms with Crippen LogP contribution < -0.4 is 16.0 Å². The van der Waals surface area contributed by atoms with Crippen molar-refractivity contribution in [2.24, 2.45) is 0 Å². The molecule has 0 bridgehead atoms. The Balaban J connectivity index is 1.27. The second-order valence-electron chi connectivity index (χ2n) is 9.47. The van der Waals surface area contributed by atoms with Crippen molar-refractivity contribution in [3.8, 4) is 10.6 Å². The Morgan fingerprint density at radius 2 is 1.71 bits per heavy atom. The predicted octanol–water partition coefficient (Wildman–Crippen LogP) is 7.31. The summed E-state index contributed by atoms with van der Waals surface area (Å²) in [7, 11) is 0. The lowest BCUT2D eigenvalue weighted by Gasteiger charge is -2.13. The second-order valence-corrected chi connectivity index (χ2v) is 12.7. The molecule has 0 spiro atoms. The maximum Gasteiger partial charge on any atom is 0.272 e. The Morgan fingerprint density at radius 1 is 0.933 bits per heavy atom.